The van der Waals surface area contributed by atoms with Gasteiger partial charge in [-0.2, -0.15) is 0 Å². The van der Waals surface area contributed by atoms with Gasteiger partial charge in [0.15, 0.2) is 0 Å². The Hall–Kier alpha value is -0.160. The SMILES string of the molecule is CC1(CCCCCCCCCCCCCCCCC2(C)CNCCO2)CNCCO1. The van der Waals surface area contributed by atoms with Gasteiger partial charge in [-0.3, -0.25) is 0 Å². The van der Waals surface area contributed by atoms with Crippen LogP contribution in [0.15, 0.2) is 0 Å². The number of unbranched alkanes of at least 4 members (excludes halogenated alkanes) is 13. The van der Waals surface area contributed by atoms with Crippen molar-refractivity contribution in [3.8, 4) is 0 Å². The third-order valence-electron chi connectivity index (χ3n) is 7.12. The zero-order valence-corrected chi connectivity index (χ0v) is 20.4. The Bertz CT molecular complexity index is 366. The summed E-state index contributed by atoms with van der Waals surface area (Å²) in [5.74, 6) is 0. The molecule has 0 aromatic rings. The zero-order valence-electron chi connectivity index (χ0n) is 20.4. The van der Waals surface area contributed by atoms with Crippen molar-refractivity contribution in [2.75, 3.05) is 39.4 Å². The highest BCUT2D eigenvalue weighted by Gasteiger charge is 2.27. The molecule has 0 aromatic heterocycles. The van der Waals surface area contributed by atoms with Crippen LogP contribution in [-0.4, -0.2) is 50.6 Å². The lowest BCUT2D eigenvalue weighted by atomic mass is 9.96. The molecule has 0 saturated carbocycles. The summed E-state index contributed by atoms with van der Waals surface area (Å²) in [6.07, 6.45) is 22.1. The van der Waals surface area contributed by atoms with Crippen LogP contribution in [0.2, 0.25) is 0 Å². The third kappa shape index (κ3) is 12.0. The van der Waals surface area contributed by atoms with Crippen LogP contribution in [0.5, 0.6) is 0 Å². The topological polar surface area (TPSA) is 42.5 Å². The summed E-state index contributed by atoms with van der Waals surface area (Å²) >= 11 is 0. The molecule has 2 unspecified atom stereocenters. The maximum Gasteiger partial charge on any atom is 0.0778 e. The number of rotatable bonds is 17. The van der Waals surface area contributed by atoms with Gasteiger partial charge in [-0.05, 0) is 26.7 Å². The minimum absolute atomic E-state index is 0.0949. The van der Waals surface area contributed by atoms with E-state index in [-0.39, 0.29) is 11.2 Å². The van der Waals surface area contributed by atoms with Gasteiger partial charge < -0.3 is 20.1 Å². The van der Waals surface area contributed by atoms with Crippen LogP contribution < -0.4 is 10.6 Å². The van der Waals surface area contributed by atoms with E-state index in [0.717, 1.165) is 39.4 Å². The quantitative estimate of drug-likeness (QED) is 0.282. The third-order valence-corrected chi connectivity index (χ3v) is 7.12. The van der Waals surface area contributed by atoms with Gasteiger partial charge in [0.05, 0.1) is 24.4 Å². The summed E-state index contributed by atoms with van der Waals surface area (Å²) < 4.78 is 11.9. The van der Waals surface area contributed by atoms with Crippen LogP contribution in [0.3, 0.4) is 0 Å². The summed E-state index contributed by atoms with van der Waals surface area (Å²) in [6.45, 7) is 10.4. The normalized spacial score (nSPS) is 27.4. The lowest BCUT2D eigenvalue weighted by Crippen LogP contribution is -2.47. The largest absolute Gasteiger partial charge is 0.373 e. The van der Waals surface area contributed by atoms with Crippen molar-refractivity contribution < 1.29 is 9.47 Å². The molecule has 4 nitrogen and oxygen atoms in total. The Morgan fingerprint density at radius 2 is 0.800 bits per heavy atom. The van der Waals surface area contributed by atoms with E-state index in [1.54, 1.807) is 0 Å². The molecule has 0 radical (unpaired) electrons. The number of hydrogen-bond donors (Lipinski definition) is 2. The summed E-state index contributed by atoms with van der Waals surface area (Å²) in [5.41, 5.74) is 0.190. The molecule has 0 bridgehead atoms. The van der Waals surface area contributed by atoms with Crippen LogP contribution in [0.4, 0.5) is 0 Å². The minimum Gasteiger partial charge on any atom is -0.373 e. The molecule has 2 fully saturated rings. The Morgan fingerprint density at radius 3 is 1.07 bits per heavy atom. The minimum atomic E-state index is 0.0949. The molecule has 2 heterocycles. The maximum atomic E-state index is 5.94. The van der Waals surface area contributed by atoms with Crippen molar-refractivity contribution in [3.05, 3.63) is 0 Å². The highest BCUT2D eigenvalue weighted by Crippen LogP contribution is 2.22. The first kappa shape index (κ1) is 26.1. The van der Waals surface area contributed by atoms with Gasteiger partial charge in [0.25, 0.3) is 0 Å². The second-order valence-corrected chi connectivity index (χ2v) is 10.4. The fourth-order valence-electron chi connectivity index (χ4n) is 4.99. The maximum absolute atomic E-state index is 5.94. The summed E-state index contributed by atoms with van der Waals surface area (Å²) in [6, 6.07) is 0. The monoisotopic (exact) mass is 424 g/mol. The van der Waals surface area contributed by atoms with Gasteiger partial charge in [-0.1, -0.05) is 89.9 Å². The van der Waals surface area contributed by atoms with E-state index >= 15 is 0 Å². The Morgan fingerprint density at radius 1 is 0.500 bits per heavy atom. The van der Waals surface area contributed by atoms with Crippen molar-refractivity contribution in [1.82, 2.24) is 10.6 Å². The molecule has 4 heteroatoms. The lowest BCUT2D eigenvalue weighted by molar-refractivity contribution is -0.0591. The molecule has 2 N–H and O–H groups in total. The van der Waals surface area contributed by atoms with Crippen LogP contribution in [-0.2, 0) is 9.47 Å². The highest BCUT2D eigenvalue weighted by molar-refractivity contribution is 4.82. The Labute approximate surface area is 187 Å². The van der Waals surface area contributed by atoms with Crippen molar-refractivity contribution >= 4 is 0 Å². The van der Waals surface area contributed by atoms with Gasteiger partial charge in [0, 0.05) is 26.2 Å². The van der Waals surface area contributed by atoms with Gasteiger partial charge in [-0.15, -0.1) is 0 Å². The molecule has 2 atom stereocenters. The predicted octanol–water partition coefficient (Wildman–Crippen LogP) is 5.99. The first-order chi connectivity index (χ1) is 14.6. The first-order valence-electron chi connectivity index (χ1n) is 13.3. The number of morpholine rings is 2. The van der Waals surface area contributed by atoms with E-state index in [4.69, 9.17) is 9.47 Å². The molecule has 0 amide bonds. The van der Waals surface area contributed by atoms with Gasteiger partial charge in [0.1, 0.15) is 0 Å². The van der Waals surface area contributed by atoms with Crippen LogP contribution in [0.1, 0.15) is 117 Å². The molecular formula is C26H52N2O2. The zero-order chi connectivity index (χ0) is 21.4. The average molecular weight is 425 g/mol. The molecule has 0 aromatic carbocycles. The fraction of sp³-hybridized carbons (Fsp3) is 1.00. The van der Waals surface area contributed by atoms with Crippen molar-refractivity contribution in [3.63, 3.8) is 0 Å². The molecule has 0 spiro atoms. The average Bonchev–Trinajstić information content (AvgIpc) is 2.74. The van der Waals surface area contributed by atoms with Crippen LogP contribution in [0.25, 0.3) is 0 Å². The molecule has 30 heavy (non-hydrogen) atoms. The van der Waals surface area contributed by atoms with Crippen LogP contribution in [0, 0.1) is 0 Å². The molecule has 2 aliphatic heterocycles. The van der Waals surface area contributed by atoms with E-state index in [1.807, 2.05) is 0 Å². The van der Waals surface area contributed by atoms with Crippen molar-refractivity contribution in [1.29, 1.82) is 0 Å². The standard InChI is InChI=1S/C26H52N2O2/c1-25(23-27-19-21-29-25)17-15-13-11-9-7-5-3-4-6-8-10-12-14-16-18-26(2)24-28-20-22-30-26/h27-28H,3-24H2,1-2H3. The summed E-state index contributed by atoms with van der Waals surface area (Å²) in [7, 11) is 0. The van der Waals surface area contributed by atoms with E-state index in [0.29, 0.717) is 0 Å². The van der Waals surface area contributed by atoms with E-state index in [1.165, 1.54) is 103 Å². The molecule has 178 valence electrons. The van der Waals surface area contributed by atoms with E-state index < -0.39 is 0 Å². The second kappa shape index (κ2) is 15.6. The fourth-order valence-corrected chi connectivity index (χ4v) is 4.99. The van der Waals surface area contributed by atoms with Crippen molar-refractivity contribution in [2.24, 2.45) is 0 Å². The second-order valence-electron chi connectivity index (χ2n) is 10.4. The Kier molecular flexibility index (Phi) is 13.6. The molecule has 2 rings (SSSR count). The van der Waals surface area contributed by atoms with Crippen LogP contribution >= 0.6 is 0 Å². The number of nitrogens with one attached hydrogen (secondary N) is 2. The molecular weight excluding hydrogens is 372 g/mol. The summed E-state index contributed by atoms with van der Waals surface area (Å²) in [5, 5.41) is 6.92. The van der Waals surface area contributed by atoms with E-state index in [2.05, 4.69) is 24.5 Å². The summed E-state index contributed by atoms with van der Waals surface area (Å²) in [4.78, 5) is 0. The molecule has 0 aliphatic carbocycles. The lowest BCUT2D eigenvalue weighted by Gasteiger charge is -2.34. The molecule has 2 aliphatic rings. The number of hydrogen-bond acceptors (Lipinski definition) is 4. The van der Waals surface area contributed by atoms with E-state index in [9.17, 15) is 0 Å². The Balaban J connectivity index is 1.25. The highest BCUT2D eigenvalue weighted by atomic mass is 16.5. The molecule has 2 saturated heterocycles. The van der Waals surface area contributed by atoms with Gasteiger partial charge in [0.2, 0.25) is 0 Å². The number of ether oxygens (including phenoxy) is 2. The van der Waals surface area contributed by atoms with Gasteiger partial charge in [-0.25, -0.2) is 0 Å². The van der Waals surface area contributed by atoms with Crippen molar-refractivity contribution in [2.45, 2.75) is 128 Å². The van der Waals surface area contributed by atoms with Gasteiger partial charge >= 0.3 is 0 Å². The smallest absolute Gasteiger partial charge is 0.0778 e. The predicted molar refractivity (Wildman–Crippen MR) is 128 cm³/mol. The first-order valence-corrected chi connectivity index (χ1v) is 13.3.